The highest BCUT2D eigenvalue weighted by molar-refractivity contribution is 5.78. The van der Waals surface area contributed by atoms with Crippen molar-refractivity contribution in [1.29, 1.82) is 0 Å². The Hall–Kier alpha value is -1.55. The summed E-state index contributed by atoms with van der Waals surface area (Å²) < 4.78 is 17.4. The average molecular weight is 449 g/mol. The highest BCUT2D eigenvalue weighted by atomic mass is 16.7. The quantitative estimate of drug-likeness (QED) is 0.206. The molecule has 1 aromatic carbocycles. The molecule has 2 unspecified atom stereocenters. The van der Waals surface area contributed by atoms with E-state index in [-0.39, 0.29) is 17.7 Å². The molecule has 1 aromatic rings. The summed E-state index contributed by atoms with van der Waals surface area (Å²) in [6, 6.07) is 7.23. The largest absolute Gasteiger partial charge is 0.465 e. The van der Waals surface area contributed by atoms with Gasteiger partial charge in [-0.25, -0.2) is 0 Å². The van der Waals surface area contributed by atoms with E-state index in [9.17, 15) is 4.79 Å². The number of benzene rings is 1. The summed E-state index contributed by atoms with van der Waals surface area (Å²) in [4.78, 5) is 12.8. The number of carbonyl (C=O) groups excluding carboxylic acids is 1. The highest BCUT2D eigenvalue weighted by Crippen LogP contribution is 2.37. The monoisotopic (exact) mass is 448 g/mol. The lowest BCUT2D eigenvalue weighted by Gasteiger charge is -2.32. The molecule has 4 nitrogen and oxygen atoms in total. The van der Waals surface area contributed by atoms with Crippen molar-refractivity contribution < 1.29 is 19.0 Å². The van der Waals surface area contributed by atoms with Gasteiger partial charge in [0.05, 0.1) is 12.0 Å². The van der Waals surface area contributed by atoms with Crippen LogP contribution >= 0.6 is 0 Å². The fraction of sp³-hybridized carbons (Fsp3) is 0.750. The second-order valence-electron chi connectivity index (χ2n) is 10.4. The molecule has 1 fully saturated rings. The molecule has 1 aliphatic rings. The van der Waals surface area contributed by atoms with Gasteiger partial charge >= 0.3 is 5.97 Å². The third-order valence-corrected chi connectivity index (χ3v) is 6.13. The van der Waals surface area contributed by atoms with E-state index in [4.69, 9.17) is 14.2 Å². The van der Waals surface area contributed by atoms with Crippen molar-refractivity contribution in [2.75, 3.05) is 6.61 Å². The summed E-state index contributed by atoms with van der Waals surface area (Å²) in [6.45, 7) is 17.2. The standard InChI is InChI=1S/C26H42O4.C2H6/c1-7-26(6,19-25(3,4)5)24(27)30-23-15-13-22(14-16-23)29-20(2)28-18-17-21-11-9-8-10-12-21;1-2/h13-16,20-21H,7-12,17-19H2,1-6H3;1-2H3. The number of hydrogen-bond acceptors (Lipinski definition) is 4. The average Bonchev–Trinajstić information content (AvgIpc) is 2.76. The first-order valence-corrected chi connectivity index (χ1v) is 12.7. The van der Waals surface area contributed by atoms with Crippen LogP contribution in [0.2, 0.25) is 0 Å². The summed E-state index contributed by atoms with van der Waals surface area (Å²) in [5, 5.41) is 0. The number of esters is 1. The molecule has 2 rings (SSSR count). The maximum absolute atomic E-state index is 12.8. The number of hydrogen-bond donors (Lipinski definition) is 0. The number of rotatable bonds is 10. The molecule has 0 spiro atoms. The van der Waals surface area contributed by atoms with E-state index >= 15 is 0 Å². The normalized spacial score (nSPS) is 17.5. The second-order valence-corrected chi connectivity index (χ2v) is 10.4. The molecule has 184 valence electrons. The molecular weight excluding hydrogens is 400 g/mol. The summed E-state index contributed by atoms with van der Waals surface area (Å²) in [7, 11) is 0. The lowest BCUT2D eigenvalue weighted by Crippen LogP contribution is -2.35. The lowest BCUT2D eigenvalue weighted by molar-refractivity contribution is -0.147. The van der Waals surface area contributed by atoms with E-state index in [1.165, 1.54) is 32.1 Å². The van der Waals surface area contributed by atoms with E-state index < -0.39 is 5.41 Å². The topological polar surface area (TPSA) is 44.8 Å². The van der Waals surface area contributed by atoms with Gasteiger partial charge in [-0.05, 0) is 68.7 Å². The Kier molecular flexibility index (Phi) is 12.3. The van der Waals surface area contributed by atoms with Crippen LogP contribution in [0.3, 0.4) is 0 Å². The van der Waals surface area contributed by atoms with E-state index in [1.807, 2.05) is 46.8 Å². The second kappa shape index (κ2) is 13.9. The predicted octanol–water partition coefficient (Wildman–Crippen LogP) is 8.18. The van der Waals surface area contributed by atoms with Gasteiger partial charge in [0.25, 0.3) is 0 Å². The Bertz CT molecular complexity index is 640. The van der Waals surface area contributed by atoms with Crippen molar-refractivity contribution in [2.45, 2.75) is 113 Å². The molecule has 0 N–H and O–H groups in total. The van der Waals surface area contributed by atoms with Crippen LogP contribution in [0, 0.1) is 16.7 Å². The third kappa shape index (κ3) is 10.4. The first kappa shape index (κ1) is 28.5. The Labute approximate surface area is 197 Å². The van der Waals surface area contributed by atoms with E-state index in [1.54, 1.807) is 12.1 Å². The molecule has 0 aromatic heterocycles. The van der Waals surface area contributed by atoms with Crippen molar-refractivity contribution in [3.63, 3.8) is 0 Å². The van der Waals surface area contributed by atoms with Crippen LogP contribution in [0.25, 0.3) is 0 Å². The molecule has 4 heteroatoms. The van der Waals surface area contributed by atoms with Crippen LogP contribution in [0.15, 0.2) is 24.3 Å². The van der Waals surface area contributed by atoms with Crippen molar-refractivity contribution in [1.82, 2.24) is 0 Å². The molecule has 0 saturated heterocycles. The number of carbonyl (C=O) groups is 1. The van der Waals surface area contributed by atoms with Crippen molar-refractivity contribution in [2.24, 2.45) is 16.7 Å². The van der Waals surface area contributed by atoms with Gasteiger partial charge in [0.2, 0.25) is 0 Å². The molecule has 0 aliphatic heterocycles. The zero-order valence-corrected chi connectivity index (χ0v) is 22.0. The Morgan fingerprint density at radius 3 is 2.09 bits per heavy atom. The van der Waals surface area contributed by atoms with Crippen LogP contribution in [0.4, 0.5) is 0 Å². The Morgan fingerprint density at radius 2 is 1.56 bits per heavy atom. The van der Waals surface area contributed by atoms with Gasteiger partial charge in [-0.2, -0.15) is 0 Å². The summed E-state index contributed by atoms with van der Waals surface area (Å²) >= 11 is 0. The molecule has 0 heterocycles. The zero-order valence-electron chi connectivity index (χ0n) is 22.0. The van der Waals surface area contributed by atoms with E-state index in [0.29, 0.717) is 11.5 Å². The van der Waals surface area contributed by atoms with Crippen LogP contribution in [0.1, 0.15) is 107 Å². The summed E-state index contributed by atoms with van der Waals surface area (Å²) in [5.41, 5.74) is -0.428. The van der Waals surface area contributed by atoms with E-state index in [2.05, 4.69) is 20.8 Å². The van der Waals surface area contributed by atoms with Gasteiger partial charge < -0.3 is 14.2 Å². The van der Waals surface area contributed by atoms with Gasteiger partial charge in [-0.15, -0.1) is 0 Å². The van der Waals surface area contributed by atoms with Crippen LogP contribution in [-0.2, 0) is 9.53 Å². The summed E-state index contributed by atoms with van der Waals surface area (Å²) in [6.07, 6.45) is 9.15. The smallest absolute Gasteiger partial charge is 0.317 e. The van der Waals surface area contributed by atoms with Crippen molar-refractivity contribution in [3.05, 3.63) is 24.3 Å². The van der Waals surface area contributed by atoms with Gasteiger partial charge in [-0.1, -0.05) is 73.6 Å². The van der Waals surface area contributed by atoms with Gasteiger partial charge in [0.1, 0.15) is 11.5 Å². The first-order valence-electron chi connectivity index (χ1n) is 12.7. The molecular formula is C28H48O4. The predicted molar refractivity (Wildman–Crippen MR) is 133 cm³/mol. The lowest BCUT2D eigenvalue weighted by atomic mass is 9.73. The number of ether oxygens (including phenoxy) is 3. The Morgan fingerprint density at radius 1 is 1.00 bits per heavy atom. The maximum Gasteiger partial charge on any atom is 0.317 e. The molecule has 0 amide bonds. The van der Waals surface area contributed by atoms with Crippen molar-refractivity contribution in [3.8, 4) is 11.5 Å². The van der Waals surface area contributed by atoms with Gasteiger partial charge in [0.15, 0.2) is 6.29 Å². The van der Waals surface area contributed by atoms with Gasteiger partial charge in [0, 0.05) is 0 Å². The van der Waals surface area contributed by atoms with Gasteiger partial charge in [-0.3, -0.25) is 4.79 Å². The third-order valence-electron chi connectivity index (χ3n) is 6.13. The van der Waals surface area contributed by atoms with E-state index in [0.717, 1.165) is 31.8 Å². The highest BCUT2D eigenvalue weighted by Gasteiger charge is 2.37. The van der Waals surface area contributed by atoms with Crippen LogP contribution < -0.4 is 9.47 Å². The minimum atomic E-state index is -0.492. The zero-order chi connectivity index (χ0) is 24.2. The van der Waals surface area contributed by atoms with Crippen molar-refractivity contribution >= 4 is 5.97 Å². The first-order chi connectivity index (χ1) is 15.1. The fourth-order valence-electron chi connectivity index (χ4n) is 4.43. The molecule has 1 aliphatic carbocycles. The molecule has 32 heavy (non-hydrogen) atoms. The summed E-state index contributed by atoms with van der Waals surface area (Å²) in [5.74, 6) is 1.90. The minimum Gasteiger partial charge on any atom is -0.465 e. The van der Waals surface area contributed by atoms with Crippen LogP contribution in [0.5, 0.6) is 11.5 Å². The Balaban J connectivity index is 0.00000249. The SMILES string of the molecule is CC.CCC(C)(CC(C)(C)C)C(=O)Oc1ccc(OC(C)OCCC2CCCCC2)cc1. The van der Waals surface area contributed by atoms with Crippen LogP contribution in [-0.4, -0.2) is 18.9 Å². The molecule has 0 radical (unpaired) electrons. The molecule has 2 atom stereocenters. The minimum absolute atomic E-state index is 0.0641. The molecule has 1 saturated carbocycles. The fourth-order valence-corrected chi connectivity index (χ4v) is 4.43. The molecule has 0 bridgehead atoms. The maximum atomic E-state index is 12.8.